The van der Waals surface area contributed by atoms with Crippen LogP contribution >= 0.6 is 11.6 Å². The first-order valence-electron chi connectivity index (χ1n) is 8.75. The molecule has 0 spiro atoms. The lowest BCUT2D eigenvalue weighted by Crippen LogP contribution is -2.46. The molecule has 1 heterocycles. The molecule has 25 heavy (non-hydrogen) atoms. The number of para-hydroxylation sites is 1. The summed E-state index contributed by atoms with van der Waals surface area (Å²) in [6.07, 6.45) is 1.03. The number of hydrogen-bond donors (Lipinski definition) is 0. The SMILES string of the molecule is COc1ccc(OCCCN2CCN(c3ccccc3Cl)CC2)cc1. The molecule has 0 bridgehead atoms. The summed E-state index contributed by atoms with van der Waals surface area (Å²) in [6.45, 7) is 5.96. The molecule has 0 unspecified atom stereocenters. The molecule has 1 fully saturated rings. The Labute approximate surface area is 154 Å². The van der Waals surface area contributed by atoms with E-state index in [1.165, 1.54) is 0 Å². The van der Waals surface area contributed by atoms with Crippen LogP contribution in [0, 0.1) is 0 Å². The minimum atomic E-state index is 0.733. The third kappa shape index (κ3) is 5.03. The van der Waals surface area contributed by atoms with Gasteiger partial charge in [0.25, 0.3) is 0 Å². The van der Waals surface area contributed by atoms with Gasteiger partial charge in [0.15, 0.2) is 0 Å². The van der Waals surface area contributed by atoms with Crippen LogP contribution in [0.4, 0.5) is 5.69 Å². The zero-order chi connectivity index (χ0) is 17.5. The van der Waals surface area contributed by atoms with Crippen LogP contribution in [0.25, 0.3) is 0 Å². The molecule has 2 aromatic carbocycles. The molecule has 0 N–H and O–H groups in total. The molecule has 0 saturated carbocycles. The number of nitrogens with zero attached hydrogens (tertiary/aromatic N) is 2. The second-order valence-electron chi connectivity index (χ2n) is 6.16. The molecule has 4 nitrogen and oxygen atoms in total. The standard InChI is InChI=1S/C20H25ClN2O2/c1-24-17-7-9-18(10-8-17)25-16-4-11-22-12-14-23(15-13-22)20-6-3-2-5-19(20)21/h2-3,5-10H,4,11-16H2,1H3. The van der Waals surface area contributed by atoms with E-state index in [0.29, 0.717) is 0 Å². The highest BCUT2D eigenvalue weighted by Gasteiger charge is 2.18. The lowest BCUT2D eigenvalue weighted by atomic mass is 10.2. The molecule has 2 aromatic rings. The van der Waals surface area contributed by atoms with E-state index in [0.717, 1.165) is 68.0 Å². The summed E-state index contributed by atoms with van der Waals surface area (Å²) in [5.74, 6) is 1.74. The van der Waals surface area contributed by atoms with E-state index in [-0.39, 0.29) is 0 Å². The fourth-order valence-electron chi connectivity index (χ4n) is 3.07. The molecule has 134 valence electrons. The minimum absolute atomic E-state index is 0.733. The van der Waals surface area contributed by atoms with Crippen LogP contribution in [0.15, 0.2) is 48.5 Å². The van der Waals surface area contributed by atoms with Gasteiger partial charge in [0.2, 0.25) is 0 Å². The average Bonchev–Trinajstić information content (AvgIpc) is 2.67. The summed E-state index contributed by atoms with van der Waals surface area (Å²) in [7, 11) is 1.67. The van der Waals surface area contributed by atoms with Gasteiger partial charge in [0.1, 0.15) is 11.5 Å². The Morgan fingerprint density at radius 2 is 1.60 bits per heavy atom. The molecule has 5 heteroatoms. The topological polar surface area (TPSA) is 24.9 Å². The van der Waals surface area contributed by atoms with Gasteiger partial charge in [-0.1, -0.05) is 23.7 Å². The quantitative estimate of drug-likeness (QED) is 0.698. The van der Waals surface area contributed by atoms with Crippen molar-refractivity contribution in [3.63, 3.8) is 0 Å². The Kier molecular flexibility index (Phi) is 6.42. The molecule has 0 radical (unpaired) electrons. The zero-order valence-corrected chi connectivity index (χ0v) is 15.4. The van der Waals surface area contributed by atoms with Crippen molar-refractivity contribution in [1.29, 1.82) is 0 Å². The molecular weight excluding hydrogens is 336 g/mol. The van der Waals surface area contributed by atoms with Crippen LogP contribution in [0.3, 0.4) is 0 Å². The van der Waals surface area contributed by atoms with Gasteiger partial charge in [-0.05, 0) is 42.8 Å². The van der Waals surface area contributed by atoms with Gasteiger partial charge < -0.3 is 14.4 Å². The maximum atomic E-state index is 6.29. The Morgan fingerprint density at radius 3 is 2.28 bits per heavy atom. The summed E-state index contributed by atoms with van der Waals surface area (Å²) in [4.78, 5) is 4.86. The maximum absolute atomic E-state index is 6.29. The number of piperazine rings is 1. The predicted molar refractivity (Wildman–Crippen MR) is 103 cm³/mol. The van der Waals surface area contributed by atoms with Crippen molar-refractivity contribution in [2.24, 2.45) is 0 Å². The highest BCUT2D eigenvalue weighted by atomic mass is 35.5. The second kappa shape index (κ2) is 8.97. The van der Waals surface area contributed by atoms with Crippen molar-refractivity contribution in [3.05, 3.63) is 53.6 Å². The van der Waals surface area contributed by atoms with Crippen molar-refractivity contribution in [1.82, 2.24) is 4.90 Å². The number of anilines is 1. The lowest BCUT2D eigenvalue weighted by Gasteiger charge is -2.36. The maximum Gasteiger partial charge on any atom is 0.119 e. The first kappa shape index (κ1) is 17.9. The fraction of sp³-hybridized carbons (Fsp3) is 0.400. The Bertz CT molecular complexity index is 655. The van der Waals surface area contributed by atoms with Crippen LogP contribution < -0.4 is 14.4 Å². The van der Waals surface area contributed by atoms with Crippen LogP contribution in [-0.4, -0.2) is 51.3 Å². The molecule has 0 aliphatic carbocycles. The molecule has 1 aliphatic rings. The molecule has 0 atom stereocenters. The van der Waals surface area contributed by atoms with Crippen molar-refractivity contribution >= 4 is 17.3 Å². The van der Waals surface area contributed by atoms with Gasteiger partial charge in [-0.15, -0.1) is 0 Å². The number of rotatable bonds is 7. The number of ether oxygens (including phenoxy) is 2. The van der Waals surface area contributed by atoms with Crippen molar-refractivity contribution in [2.45, 2.75) is 6.42 Å². The van der Waals surface area contributed by atoms with Gasteiger partial charge in [-0.2, -0.15) is 0 Å². The van der Waals surface area contributed by atoms with Gasteiger partial charge in [-0.3, -0.25) is 4.90 Å². The third-order valence-corrected chi connectivity index (χ3v) is 4.83. The van der Waals surface area contributed by atoms with E-state index < -0.39 is 0 Å². The highest BCUT2D eigenvalue weighted by molar-refractivity contribution is 6.33. The van der Waals surface area contributed by atoms with Crippen molar-refractivity contribution < 1.29 is 9.47 Å². The second-order valence-corrected chi connectivity index (χ2v) is 6.56. The van der Waals surface area contributed by atoms with Crippen LogP contribution in [-0.2, 0) is 0 Å². The fourth-order valence-corrected chi connectivity index (χ4v) is 3.33. The zero-order valence-electron chi connectivity index (χ0n) is 14.7. The van der Waals surface area contributed by atoms with Crippen molar-refractivity contribution in [3.8, 4) is 11.5 Å². The van der Waals surface area contributed by atoms with E-state index in [1.54, 1.807) is 7.11 Å². The molecular formula is C20H25ClN2O2. The van der Waals surface area contributed by atoms with Gasteiger partial charge in [0.05, 0.1) is 24.4 Å². The normalized spacial score (nSPS) is 15.2. The Balaban J connectivity index is 1.36. The Morgan fingerprint density at radius 1 is 0.920 bits per heavy atom. The van der Waals surface area contributed by atoms with E-state index >= 15 is 0 Å². The lowest BCUT2D eigenvalue weighted by molar-refractivity contribution is 0.224. The molecule has 1 saturated heterocycles. The molecule has 0 amide bonds. The van der Waals surface area contributed by atoms with Crippen LogP contribution in [0.5, 0.6) is 11.5 Å². The first-order chi connectivity index (χ1) is 12.3. The predicted octanol–water partition coefficient (Wildman–Crippen LogP) is 3.94. The molecule has 3 rings (SSSR count). The summed E-state index contributed by atoms with van der Waals surface area (Å²) >= 11 is 6.29. The number of benzene rings is 2. The smallest absolute Gasteiger partial charge is 0.119 e. The monoisotopic (exact) mass is 360 g/mol. The van der Waals surface area contributed by atoms with E-state index in [9.17, 15) is 0 Å². The third-order valence-electron chi connectivity index (χ3n) is 4.51. The van der Waals surface area contributed by atoms with Gasteiger partial charge in [0, 0.05) is 32.7 Å². The van der Waals surface area contributed by atoms with E-state index in [1.807, 2.05) is 42.5 Å². The molecule has 1 aliphatic heterocycles. The van der Waals surface area contributed by atoms with E-state index in [2.05, 4.69) is 15.9 Å². The van der Waals surface area contributed by atoms with E-state index in [4.69, 9.17) is 21.1 Å². The average molecular weight is 361 g/mol. The van der Waals surface area contributed by atoms with Gasteiger partial charge >= 0.3 is 0 Å². The first-order valence-corrected chi connectivity index (χ1v) is 9.13. The van der Waals surface area contributed by atoms with Gasteiger partial charge in [-0.25, -0.2) is 0 Å². The summed E-state index contributed by atoms with van der Waals surface area (Å²) in [5.41, 5.74) is 1.15. The summed E-state index contributed by atoms with van der Waals surface area (Å²) < 4.78 is 10.9. The number of methoxy groups -OCH3 is 1. The highest BCUT2D eigenvalue weighted by Crippen LogP contribution is 2.26. The summed E-state index contributed by atoms with van der Waals surface area (Å²) in [5, 5.41) is 0.837. The Hall–Kier alpha value is -1.91. The minimum Gasteiger partial charge on any atom is -0.497 e. The number of halogens is 1. The van der Waals surface area contributed by atoms with Crippen molar-refractivity contribution in [2.75, 3.05) is 51.3 Å². The number of hydrogen-bond acceptors (Lipinski definition) is 4. The summed E-state index contributed by atoms with van der Waals surface area (Å²) in [6, 6.07) is 15.8. The molecule has 0 aromatic heterocycles. The largest absolute Gasteiger partial charge is 0.497 e. The van der Waals surface area contributed by atoms with Crippen LogP contribution in [0.2, 0.25) is 5.02 Å². The van der Waals surface area contributed by atoms with Crippen LogP contribution in [0.1, 0.15) is 6.42 Å².